The summed E-state index contributed by atoms with van der Waals surface area (Å²) in [5.41, 5.74) is 0.488. The fourth-order valence-electron chi connectivity index (χ4n) is 4.85. The zero-order valence-corrected chi connectivity index (χ0v) is 16.1. The largest absolute Gasteiger partial charge is 0.390 e. The minimum atomic E-state index is -0.595. The topological polar surface area (TPSA) is 70.6 Å². The molecule has 3 rings (SSSR count). The van der Waals surface area contributed by atoms with Gasteiger partial charge in [-0.15, -0.1) is 0 Å². The summed E-state index contributed by atoms with van der Waals surface area (Å²) in [5.74, 6) is 0.357. The summed E-state index contributed by atoms with van der Waals surface area (Å²) in [6.45, 7) is 5.00. The summed E-state index contributed by atoms with van der Waals surface area (Å²) in [7, 11) is 1.75. The molecule has 1 aromatic carbocycles. The molecule has 1 aromatic rings. The molecule has 5 heteroatoms. The zero-order chi connectivity index (χ0) is 18.8. The van der Waals surface area contributed by atoms with Crippen LogP contribution in [0.4, 0.5) is 0 Å². The van der Waals surface area contributed by atoms with Gasteiger partial charge < -0.3 is 20.5 Å². The summed E-state index contributed by atoms with van der Waals surface area (Å²) in [6, 6.07) is 10.6. The Morgan fingerprint density at radius 1 is 1.27 bits per heavy atom. The zero-order valence-electron chi connectivity index (χ0n) is 16.1. The number of aliphatic hydroxyl groups is 1. The van der Waals surface area contributed by atoms with E-state index in [2.05, 4.69) is 41.8 Å². The van der Waals surface area contributed by atoms with Gasteiger partial charge in [0.2, 0.25) is 5.91 Å². The average Bonchev–Trinajstić information content (AvgIpc) is 2.67. The lowest BCUT2D eigenvalue weighted by molar-refractivity contribution is -0.215. The van der Waals surface area contributed by atoms with Crippen LogP contribution in [0.15, 0.2) is 30.3 Å². The Hall–Kier alpha value is -1.43. The lowest BCUT2D eigenvalue weighted by atomic mass is 9.74. The standard InChI is InChI=1S/C21H32N2O3/c1-20-10-9-16(13-23-18(24)14-22-3)19(25)21(2,26-20)12-17(11-20)15-7-5-4-6-8-15/h4-8,16-17,19,22,25H,9-14H2,1-3H3,(H,23,24)/t16-,17-,19-,20-,21-/m0/s1. The molecule has 2 bridgehead atoms. The molecule has 1 amide bonds. The molecule has 0 radical (unpaired) electrons. The molecule has 2 fully saturated rings. The molecule has 26 heavy (non-hydrogen) atoms. The van der Waals surface area contributed by atoms with E-state index in [1.54, 1.807) is 7.05 Å². The number of carbonyl (C=O) groups excluding carboxylic acids is 1. The molecule has 0 spiro atoms. The van der Waals surface area contributed by atoms with Crippen molar-refractivity contribution in [3.63, 3.8) is 0 Å². The summed E-state index contributed by atoms with van der Waals surface area (Å²) < 4.78 is 6.50. The molecule has 0 saturated carbocycles. The van der Waals surface area contributed by atoms with Crippen molar-refractivity contribution in [1.29, 1.82) is 0 Å². The van der Waals surface area contributed by atoms with Gasteiger partial charge in [-0.25, -0.2) is 0 Å². The summed E-state index contributed by atoms with van der Waals surface area (Å²) >= 11 is 0. The molecule has 0 unspecified atom stereocenters. The predicted molar refractivity (Wildman–Crippen MR) is 102 cm³/mol. The maximum absolute atomic E-state index is 11.8. The van der Waals surface area contributed by atoms with E-state index in [0.717, 1.165) is 25.7 Å². The summed E-state index contributed by atoms with van der Waals surface area (Å²) in [4.78, 5) is 11.8. The minimum Gasteiger partial charge on any atom is -0.390 e. The van der Waals surface area contributed by atoms with Crippen LogP contribution in [0.2, 0.25) is 0 Å². The number of amides is 1. The van der Waals surface area contributed by atoms with Crippen molar-refractivity contribution in [2.45, 2.75) is 62.8 Å². The van der Waals surface area contributed by atoms with E-state index in [-0.39, 0.29) is 17.4 Å². The number of aliphatic hydroxyl groups excluding tert-OH is 1. The number of benzene rings is 1. The number of carbonyl (C=O) groups is 1. The Labute approximate surface area is 156 Å². The second kappa shape index (κ2) is 7.67. The van der Waals surface area contributed by atoms with Gasteiger partial charge in [0.1, 0.15) is 0 Å². The van der Waals surface area contributed by atoms with Crippen LogP contribution in [0.1, 0.15) is 51.0 Å². The quantitative estimate of drug-likeness (QED) is 0.753. The second-order valence-electron chi connectivity index (χ2n) is 8.46. The van der Waals surface area contributed by atoms with Gasteiger partial charge in [-0.05, 0) is 58.1 Å². The van der Waals surface area contributed by atoms with Crippen molar-refractivity contribution in [2.24, 2.45) is 5.92 Å². The molecule has 2 saturated heterocycles. The third kappa shape index (κ3) is 4.11. The number of rotatable bonds is 5. The first-order chi connectivity index (χ1) is 12.4. The number of likely N-dealkylation sites (N-methyl/N-ethyl adjacent to an activating group) is 1. The smallest absolute Gasteiger partial charge is 0.233 e. The molecular weight excluding hydrogens is 328 g/mol. The fraction of sp³-hybridized carbons (Fsp3) is 0.667. The van der Waals surface area contributed by atoms with E-state index in [4.69, 9.17) is 4.74 Å². The fourth-order valence-corrected chi connectivity index (χ4v) is 4.85. The highest BCUT2D eigenvalue weighted by Gasteiger charge is 2.52. The van der Waals surface area contributed by atoms with E-state index in [9.17, 15) is 9.90 Å². The molecule has 5 atom stereocenters. The third-order valence-corrected chi connectivity index (χ3v) is 6.10. The highest BCUT2D eigenvalue weighted by Crippen LogP contribution is 2.50. The molecule has 0 aliphatic carbocycles. The Bertz CT molecular complexity index is 623. The third-order valence-electron chi connectivity index (χ3n) is 6.10. The maximum atomic E-state index is 11.8. The first-order valence-corrected chi connectivity index (χ1v) is 9.70. The highest BCUT2D eigenvalue weighted by molar-refractivity contribution is 5.77. The van der Waals surface area contributed by atoms with E-state index in [1.807, 2.05) is 13.0 Å². The number of hydrogen-bond acceptors (Lipinski definition) is 4. The molecule has 144 valence electrons. The maximum Gasteiger partial charge on any atom is 0.233 e. The second-order valence-corrected chi connectivity index (χ2v) is 8.46. The van der Waals surface area contributed by atoms with E-state index in [1.165, 1.54) is 5.56 Å². The average molecular weight is 360 g/mol. The number of hydrogen-bond donors (Lipinski definition) is 3. The van der Waals surface area contributed by atoms with Crippen molar-refractivity contribution in [3.8, 4) is 0 Å². The SMILES string of the molecule is CNCC(=O)NC[C@@H]1CC[C@@]2(C)C[C@H](c3ccccc3)C[C@](C)(O2)[C@H]1O. The molecule has 2 heterocycles. The van der Waals surface area contributed by atoms with Crippen LogP contribution in [0.25, 0.3) is 0 Å². The van der Waals surface area contributed by atoms with Gasteiger partial charge in [0.15, 0.2) is 0 Å². The molecule has 2 aliphatic heterocycles. The molecule has 2 aliphatic rings. The summed E-state index contributed by atoms with van der Waals surface area (Å²) in [5, 5.41) is 17.0. The van der Waals surface area contributed by atoms with Crippen LogP contribution in [0, 0.1) is 5.92 Å². The van der Waals surface area contributed by atoms with Crippen molar-refractivity contribution in [1.82, 2.24) is 10.6 Å². The van der Waals surface area contributed by atoms with Gasteiger partial charge in [-0.3, -0.25) is 4.79 Å². The van der Waals surface area contributed by atoms with E-state index < -0.39 is 11.7 Å². The summed E-state index contributed by atoms with van der Waals surface area (Å²) in [6.07, 6.45) is 2.93. The molecular formula is C21H32N2O3. The van der Waals surface area contributed by atoms with Gasteiger partial charge in [0.05, 0.1) is 23.9 Å². The van der Waals surface area contributed by atoms with E-state index in [0.29, 0.717) is 19.0 Å². The normalized spacial score (nSPS) is 37.0. The minimum absolute atomic E-state index is 0.0113. The van der Waals surface area contributed by atoms with Crippen molar-refractivity contribution < 1.29 is 14.6 Å². The Balaban J connectivity index is 1.77. The Kier molecular flexibility index (Phi) is 5.70. The van der Waals surface area contributed by atoms with Crippen LogP contribution in [-0.2, 0) is 9.53 Å². The predicted octanol–water partition coefficient (Wildman–Crippen LogP) is 2.20. The Morgan fingerprint density at radius 2 is 2.00 bits per heavy atom. The molecule has 3 N–H and O–H groups in total. The first-order valence-electron chi connectivity index (χ1n) is 9.70. The van der Waals surface area contributed by atoms with Crippen LogP contribution in [-0.4, -0.2) is 48.5 Å². The van der Waals surface area contributed by atoms with Crippen LogP contribution in [0.3, 0.4) is 0 Å². The van der Waals surface area contributed by atoms with Crippen molar-refractivity contribution in [2.75, 3.05) is 20.1 Å². The monoisotopic (exact) mass is 360 g/mol. The molecule has 5 nitrogen and oxygen atoms in total. The number of nitrogens with one attached hydrogen (secondary N) is 2. The first kappa shape index (κ1) is 19.3. The van der Waals surface area contributed by atoms with Crippen molar-refractivity contribution >= 4 is 5.91 Å². The van der Waals surface area contributed by atoms with Gasteiger partial charge >= 0.3 is 0 Å². The Morgan fingerprint density at radius 3 is 2.69 bits per heavy atom. The van der Waals surface area contributed by atoms with Gasteiger partial charge in [0.25, 0.3) is 0 Å². The van der Waals surface area contributed by atoms with E-state index >= 15 is 0 Å². The van der Waals surface area contributed by atoms with Crippen LogP contribution < -0.4 is 10.6 Å². The van der Waals surface area contributed by atoms with Gasteiger partial charge in [-0.1, -0.05) is 30.3 Å². The lowest BCUT2D eigenvalue weighted by Crippen LogP contribution is -2.54. The lowest BCUT2D eigenvalue weighted by Gasteiger charge is -2.49. The number of ether oxygens (including phenoxy) is 1. The number of fused-ring (bicyclic) bond motifs is 2. The van der Waals surface area contributed by atoms with Crippen molar-refractivity contribution in [3.05, 3.63) is 35.9 Å². The van der Waals surface area contributed by atoms with Crippen LogP contribution >= 0.6 is 0 Å². The molecule has 0 aromatic heterocycles. The highest BCUT2D eigenvalue weighted by atomic mass is 16.5. The van der Waals surface area contributed by atoms with Crippen LogP contribution in [0.5, 0.6) is 0 Å². The van der Waals surface area contributed by atoms with Gasteiger partial charge in [-0.2, -0.15) is 0 Å². The van der Waals surface area contributed by atoms with Gasteiger partial charge in [0, 0.05) is 12.5 Å².